The highest BCUT2D eigenvalue weighted by molar-refractivity contribution is 7.88. The smallest absolute Gasteiger partial charge is 0.282 e. The first-order chi connectivity index (χ1) is 15.0. The van der Waals surface area contributed by atoms with E-state index in [0.717, 1.165) is 32.2 Å². The summed E-state index contributed by atoms with van der Waals surface area (Å²) in [5.74, 6) is 0. The monoisotopic (exact) mass is 442 g/mol. The lowest BCUT2D eigenvalue weighted by Gasteiger charge is -2.22. The van der Waals surface area contributed by atoms with Gasteiger partial charge in [-0.25, -0.2) is 0 Å². The first-order valence-corrected chi connectivity index (χ1v) is 12.6. The van der Waals surface area contributed by atoms with Crippen molar-refractivity contribution in [2.24, 2.45) is 0 Å². The van der Waals surface area contributed by atoms with Crippen molar-refractivity contribution >= 4 is 55.5 Å². The Morgan fingerprint density at radius 3 is 1.52 bits per heavy atom. The van der Waals surface area contributed by atoms with E-state index in [2.05, 4.69) is 60.7 Å². The molecule has 0 aliphatic heterocycles. The summed E-state index contributed by atoms with van der Waals surface area (Å²) in [6.45, 7) is 0. The molecule has 152 valence electrons. The Morgan fingerprint density at radius 2 is 1.00 bits per heavy atom. The van der Waals surface area contributed by atoms with Gasteiger partial charge >= 0.3 is 0 Å². The van der Waals surface area contributed by atoms with Crippen LogP contribution in [-0.4, -0.2) is 13.0 Å². The van der Waals surface area contributed by atoms with Gasteiger partial charge in [-0.2, -0.15) is 8.42 Å². The number of fused-ring (bicyclic) bond motifs is 2. The summed E-state index contributed by atoms with van der Waals surface area (Å²) < 4.78 is 34.4. The zero-order chi connectivity index (χ0) is 21.4. The standard InChI is InChI=1S/C26H19O3PS/c27-31(28,29)26-12-6-5-11-25(26)30(23-15-13-19-7-1-3-9-21(19)17-23)24-16-14-20-8-2-4-10-22(20)18-24/h1-18H,(H,27,28,29). The van der Waals surface area contributed by atoms with Crippen molar-refractivity contribution in [3.05, 3.63) is 109 Å². The third-order valence-electron chi connectivity index (χ3n) is 5.37. The van der Waals surface area contributed by atoms with Gasteiger partial charge in [0.1, 0.15) is 4.90 Å². The van der Waals surface area contributed by atoms with Crippen LogP contribution in [0, 0.1) is 0 Å². The summed E-state index contributed by atoms with van der Waals surface area (Å²) in [5, 5.41) is 7.12. The highest BCUT2D eigenvalue weighted by atomic mass is 32.2. The zero-order valence-corrected chi connectivity index (χ0v) is 18.2. The fraction of sp³-hybridized carbons (Fsp3) is 0. The van der Waals surface area contributed by atoms with Crippen molar-refractivity contribution in [3.8, 4) is 0 Å². The lowest BCUT2D eigenvalue weighted by Crippen LogP contribution is -2.25. The summed E-state index contributed by atoms with van der Waals surface area (Å²) in [7, 11) is -5.58. The molecule has 5 heteroatoms. The molecule has 0 fully saturated rings. The van der Waals surface area contributed by atoms with Crippen LogP contribution in [-0.2, 0) is 10.1 Å². The van der Waals surface area contributed by atoms with E-state index in [9.17, 15) is 13.0 Å². The summed E-state index contributed by atoms with van der Waals surface area (Å²) in [4.78, 5) is -0.0394. The van der Waals surface area contributed by atoms with Gasteiger partial charge in [0, 0.05) is 5.30 Å². The molecule has 0 aliphatic rings. The molecule has 3 nitrogen and oxygen atoms in total. The van der Waals surface area contributed by atoms with E-state index in [1.54, 1.807) is 12.1 Å². The fourth-order valence-electron chi connectivity index (χ4n) is 3.92. The minimum Gasteiger partial charge on any atom is -0.282 e. The quantitative estimate of drug-likeness (QED) is 0.315. The SMILES string of the molecule is O=S(=O)(O)c1ccccc1P(c1ccc2ccccc2c1)c1ccc2ccccc2c1. The molecule has 0 aliphatic carbocycles. The fourth-order valence-corrected chi connectivity index (χ4v) is 7.49. The van der Waals surface area contributed by atoms with Crippen LogP contribution in [0.25, 0.3) is 21.5 Å². The number of benzene rings is 5. The van der Waals surface area contributed by atoms with Crippen LogP contribution >= 0.6 is 7.92 Å². The first kappa shape index (κ1) is 19.9. The van der Waals surface area contributed by atoms with Crippen molar-refractivity contribution < 1.29 is 13.0 Å². The molecule has 31 heavy (non-hydrogen) atoms. The van der Waals surface area contributed by atoms with Crippen molar-refractivity contribution in [1.29, 1.82) is 0 Å². The molecule has 5 aromatic rings. The summed E-state index contributed by atoms with van der Waals surface area (Å²) in [6, 6.07) is 35.5. The zero-order valence-electron chi connectivity index (χ0n) is 16.5. The van der Waals surface area contributed by atoms with Gasteiger partial charge in [-0.3, -0.25) is 4.55 Å². The van der Waals surface area contributed by atoms with Gasteiger partial charge in [0.2, 0.25) is 0 Å². The molecule has 5 rings (SSSR count). The molecule has 0 atom stereocenters. The van der Waals surface area contributed by atoms with E-state index in [1.807, 2.05) is 30.3 Å². The van der Waals surface area contributed by atoms with Crippen LogP contribution in [0.4, 0.5) is 0 Å². The average Bonchev–Trinajstić information content (AvgIpc) is 2.79. The topological polar surface area (TPSA) is 54.4 Å². The van der Waals surface area contributed by atoms with Gasteiger partial charge < -0.3 is 0 Å². The molecule has 0 spiro atoms. The van der Waals surface area contributed by atoms with Crippen LogP contribution in [0.5, 0.6) is 0 Å². The number of hydrogen-bond donors (Lipinski definition) is 1. The van der Waals surface area contributed by atoms with Gasteiger partial charge in [0.25, 0.3) is 10.1 Å². The molecule has 0 saturated heterocycles. The molecule has 0 radical (unpaired) electrons. The van der Waals surface area contributed by atoms with Gasteiger partial charge in [-0.1, -0.05) is 91.0 Å². The summed E-state index contributed by atoms with van der Waals surface area (Å²) in [5.41, 5.74) is 0. The maximum absolute atomic E-state index is 12.2. The van der Waals surface area contributed by atoms with Gasteiger partial charge in [0.05, 0.1) is 0 Å². The molecule has 0 aromatic heterocycles. The first-order valence-electron chi connectivity index (χ1n) is 9.85. The van der Waals surface area contributed by atoms with Crippen LogP contribution in [0.3, 0.4) is 0 Å². The molecule has 0 bridgehead atoms. The van der Waals surface area contributed by atoms with Crippen LogP contribution < -0.4 is 15.9 Å². The lowest BCUT2D eigenvalue weighted by atomic mass is 10.1. The minimum atomic E-state index is -4.36. The van der Waals surface area contributed by atoms with Crippen LogP contribution in [0.15, 0.2) is 114 Å². The molecular weight excluding hydrogens is 423 g/mol. The number of hydrogen-bond acceptors (Lipinski definition) is 2. The maximum Gasteiger partial charge on any atom is 0.295 e. The molecular formula is C26H19O3PS. The largest absolute Gasteiger partial charge is 0.295 e. The summed E-state index contributed by atoms with van der Waals surface area (Å²) in [6.07, 6.45) is 0. The second kappa shape index (κ2) is 7.90. The van der Waals surface area contributed by atoms with E-state index in [4.69, 9.17) is 0 Å². The average molecular weight is 442 g/mol. The van der Waals surface area contributed by atoms with Gasteiger partial charge in [0.15, 0.2) is 0 Å². The highest BCUT2D eigenvalue weighted by Gasteiger charge is 2.25. The highest BCUT2D eigenvalue weighted by Crippen LogP contribution is 2.37. The van der Waals surface area contributed by atoms with Gasteiger partial charge in [-0.15, -0.1) is 0 Å². The van der Waals surface area contributed by atoms with Crippen molar-refractivity contribution in [2.75, 3.05) is 0 Å². The molecule has 0 unspecified atom stereocenters. The second-order valence-corrected chi connectivity index (χ2v) is 10.9. The third kappa shape index (κ3) is 3.86. The van der Waals surface area contributed by atoms with Crippen molar-refractivity contribution in [1.82, 2.24) is 0 Å². The van der Waals surface area contributed by atoms with Gasteiger partial charge in [-0.05, 0) is 58.3 Å². The Morgan fingerprint density at radius 1 is 0.548 bits per heavy atom. The van der Waals surface area contributed by atoms with E-state index in [1.165, 1.54) is 6.07 Å². The molecule has 0 saturated carbocycles. The van der Waals surface area contributed by atoms with Crippen LogP contribution in [0.2, 0.25) is 0 Å². The second-order valence-electron chi connectivity index (χ2n) is 7.34. The predicted octanol–water partition coefficient (Wildman–Crippen LogP) is 5.00. The molecule has 1 N–H and O–H groups in total. The number of rotatable bonds is 4. The molecule has 0 heterocycles. The van der Waals surface area contributed by atoms with Crippen molar-refractivity contribution in [2.45, 2.75) is 4.90 Å². The Balaban J connectivity index is 1.80. The molecule has 5 aromatic carbocycles. The van der Waals surface area contributed by atoms with E-state index in [-0.39, 0.29) is 4.90 Å². The lowest BCUT2D eigenvalue weighted by molar-refractivity contribution is 0.484. The Bertz CT molecular complexity index is 1450. The molecule has 0 amide bonds. The van der Waals surface area contributed by atoms with E-state index < -0.39 is 18.0 Å². The van der Waals surface area contributed by atoms with Crippen LogP contribution in [0.1, 0.15) is 0 Å². The Labute approximate surface area is 182 Å². The minimum absolute atomic E-state index is 0.0394. The third-order valence-corrected chi connectivity index (χ3v) is 8.89. The predicted molar refractivity (Wildman–Crippen MR) is 130 cm³/mol. The Kier molecular flexibility index (Phi) is 5.07. The van der Waals surface area contributed by atoms with Crippen molar-refractivity contribution in [3.63, 3.8) is 0 Å². The van der Waals surface area contributed by atoms with E-state index >= 15 is 0 Å². The Hall–Kier alpha value is -3.04. The normalized spacial score (nSPS) is 11.9. The maximum atomic E-state index is 12.2. The van der Waals surface area contributed by atoms with E-state index in [0.29, 0.717) is 5.30 Å². The summed E-state index contributed by atoms with van der Waals surface area (Å²) >= 11 is 0.